The van der Waals surface area contributed by atoms with Crippen molar-refractivity contribution in [1.29, 1.82) is 0 Å². The number of aromatic nitrogens is 4. The lowest BCUT2D eigenvalue weighted by molar-refractivity contribution is -0.0495. The van der Waals surface area contributed by atoms with Gasteiger partial charge in [-0.1, -0.05) is 37.8 Å². The SMILES string of the molecule is C[Si](C)(C)CCOC(=O)NCCNc1nc(NC(=O)c2ccccc2)c2ncn([C@@H]3O[C@H](CO)C(F)[C@H]3O)c2n1. The molecule has 2 aromatic heterocycles. The largest absolute Gasteiger partial charge is 0.450 e. The van der Waals surface area contributed by atoms with Crippen molar-refractivity contribution >= 4 is 43.0 Å². The molecule has 4 rings (SSSR count). The number of hydrogen-bond acceptors (Lipinski definition) is 10. The van der Waals surface area contributed by atoms with Crippen molar-refractivity contribution < 1.29 is 33.7 Å². The molecule has 0 radical (unpaired) electrons. The lowest BCUT2D eigenvalue weighted by Gasteiger charge is -2.17. The van der Waals surface area contributed by atoms with Crippen molar-refractivity contribution in [3.05, 3.63) is 42.2 Å². The van der Waals surface area contributed by atoms with Gasteiger partial charge in [0.15, 0.2) is 29.4 Å². The molecule has 40 heavy (non-hydrogen) atoms. The average molecular weight is 576 g/mol. The molecule has 3 aromatic rings. The molecule has 216 valence electrons. The minimum atomic E-state index is -1.82. The first-order valence-electron chi connectivity index (χ1n) is 12.9. The molecule has 2 amide bonds. The Balaban J connectivity index is 1.52. The Morgan fingerprint density at radius 3 is 2.60 bits per heavy atom. The maximum Gasteiger partial charge on any atom is 0.407 e. The highest BCUT2D eigenvalue weighted by Crippen LogP contribution is 2.34. The predicted molar refractivity (Wildman–Crippen MR) is 148 cm³/mol. The van der Waals surface area contributed by atoms with E-state index in [4.69, 9.17) is 9.47 Å². The molecule has 0 spiro atoms. The zero-order valence-corrected chi connectivity index (χ0v) is 23.5. The quantitative estimate of drug-likeness (QED) is 0.168. The number of imidazole rings is 1. The number of hydrogen-bond donors (Lipinski definition) is 5. The summed E-state index contributed by atoms with van der Waals surface area (Å²) in [6.07, 6.45) is -5.08. The van der Waals surface area contributed by atoms with E-state index in [0.29, 0.717) is 12.2 Å². The van der Waals surface area contributed by atoms with Crippen LogP contribution in [0.3, 0.4) is 0 Å². The summed E-state index contributed by atoms with van der Waals surface area (Å²) in [5.41, 5.74) is 0.715. The smallest absolute Gasteiger partial charge is 0.407 e. The molecule has 0 aliphatic carbocycles. The van der Waals surface area contributed by atoms with Crippen LogP contribution in [0, 0.1) is 0 Å². The predicted octanol–water partition coefficient (Wildman–Crippen LogP) is 2.14. The third kappa shape index (κ3) is 7.10. The van der Waals surface area contributed by atoms with Crippen molar-refractivity contribution in [2.45, 2.75) is 50.3 Å². The number of ether oxygens (including phenoxy) is 2. The van der Waals surface area contributed by atoms with Gasteiger partial charge in [0.1, 0.15) is 12.2 Å². The third-order valence-corrected chi connectivity index (χ3v) is 7.90. The number of fused-ring (bicyclic) bond motifs is 1. The summed E-state index contributed by atoms with van der Waals surface area (Å²) in [5.74, 6) is -0.290. The van der Waals surface area contributed by atoms with Gasteiger partial charge in [-0.15, -0.1) is 0 Å². The van der Waals surface area contributed by atoms with Gasteiger partial charge in [-0.05, 0) is 18.2 Å². The summed E-state index contributed by atoms with van der Waals surface area (Å²) in [5, 5.41) is 28.2. The Morgan fingerprint density at radius 2 is 1.93 bits per heavy atom. The van der Waals surface area contributed by atoms with Gasteiger partial charge in [0.05, 0.1) is 19.5 Å². The van der Waals surface area contributed by atoms with Crippen molar-refractivity contribution in [2.75, 3.05) is 36.9 Å². The number of aliphatic hydroxyl groups is 2. The number of carbonyl (C=O) groups excluding carboxylic acids is 2. The molecule has 13 nitrogen and oxygen atoms in total. The molecule has 0 bridgehead atoms. The van der Waals surface area contributed by atoms with Gasteiger partial charge in [-0.25, -0.2) is 14.2 Å². The topological polar surface area (TPSA) is 173 Å². The molecule has 1 aliphatic rings. The van der Waals surface area contributed by atoms with E-state index in [9.17, 15) is 24.2 Å². The second kappa shape index (κ2) is 12.7. The number of rotatable bonds is 11. The standard InChI is InChI=1S/C25H34FN7O6Si/c1-40(2,3)12-11-38-25(37)28-10-9-27-24-31-20(30-22(36)15-7-5-4-6-8-15)18-21(32-24)33(14-29-18)23-19(35)17(26)16(13-34)39-23/h4-8,14,16-17,19,23,34-35H,9-13H2,1-3H3,(H,28,37)(H2,27,30,31,32,36)/t16-,17?,19-,23-/m1/s1. The molecule has 1 fully saturated rings. The molecule has 4 atom stereocenters. The van der Waals surface area contributed by atoms with Gasteiger partial charge in [-0.2, -0.15) is 9.97 Å². The van der Waals surface area contributed by atoms with Gasteiger partial charge >= 0.3 is 6.09 Å². The first-order chi connectivity index (χ1) is 19.1. The number of nitrogens with one attached hydrogen (secondary N) is 3. The van der Waals surface area contributed by atoms with Crippen LogP contribution in [0.25, 0.3) is 11.2 Å². The minimum absolute atomic E-state index is 0.0711. The van der Waals surface area contributed by atoms with E-state index < -0.39 is 51.3 Å². The molecule has 0 saturated carbocycles. The summed E-state index contributed by atoms with van der Waals surface area (Å²) >= 11 is 0. The highest BCUT2D eigenvalue weighted by Gasteiger charge is 2.45. The normalized spacial score (nSPS) is 20.9. The van der Waals surface area contributed by atoms with Gasteiger partial charge in [0.25, 0.3) is 5.91 Å². The van der Waals surface area contributed by atoms with Crippen LogP contribution >= 0.6 is 0 Å². The molecule has 1 saturated heterocycles. The van der Waals surface area contributed by atoms with E-state index in [1.54, 1.807) is 30.3 Å². The summed E-state index contributed by atoms with van der Waals surface area (Å²) in [7, 11) is -1.32. The number of carbonyl (C=O) groups is 2. The number of nitrogens with zero attached hydrogens (tertiary/aromatic N) is 4. The van der Waals surface area contributed by atoms with Gasteiger partial charge in [-0.3, -0.25) is 9.36 Å². The number of amides is 2. The zero-order valence-electron chi connectivity index (χ0n) is 22.5. The van der Waals surface area contributed by atoms with Gasteiger partial charge < -0.3 is 35.6 Å². The van der Waals surface area contributed by atoms with Gasteiger partial charge in [0.2, 0.25) is 5.95 Å². The minimum Gasteiger partial charge on any atom is -0.450 e. The fraction of sp³-hybridized carbons (Fsp3) is 0.480. The van der Waals surface area contributed by atoms with Crippen molar-refractivity contribution in [1.82, 2.24) is 24.8 Å². The van der Waals surface area contributed by atoms with E-state index in [1.165, 1.54) is 10.9 Å². The number of alkyl halides is 1. The number of alkyl carbamates (subject to hydrolysis) is 1. The highest BCUT2D eigenvalue weighted by molar-refractivity contribution is 6.76. The maximum atomic E-state index is 14.4. The first-order valence-corrected chi connectivity index (χ1v) is 16.6. The monoisotopic (exact) mass is 575 g/mol. The lowest BCUT2D eigenvalue weighted by Crippen LogP contribution is -2.31. The highest BCUT2D eigenvalue weighted by atomic mass is 28.3. The summed E-state index contributed by atoms with van der Waals surface area (Å²) < 4.78 is 26.5. The average Bonchev–Trinajstić information content (AvgIpc) is 3.46. The Labute approximate surface area is 231 Å². The van der Waals surface area contributed by atoms with Crippen LogP contribution in [-0.2, 0) is 9.47 Å². The number of benzene rings is 1. The maximum absolute atomic E-state index is 14.4. The molecule has 1 unspecified atom stereocenters. The van der Waals surface area contributed by atoms with Crippen LogP contribution < -0.4 is 16.0 Å². The van der Waals surface area contributed by atoms with Crippen LogP contribution in [0.4, 0.5) is 21.0 Å². The second-order valence-corrected chi connectivity index (χ2v) is 16.1. The number of aliphatic hydroxyl groups excluding tert-OH is 2. The number of anilines is 2. The van der Waals surface area contributed by atoms with Gasteiger partial charge in [0, 0.05) is 26.7 Å². The summed E-state index contributed by atoms with van der Waals surface area (Å²) in [6.45, 7) is 6.74. The zero-order chi connectivity index (χ0) is 28.9. The Morgan fingerprint density at radius 1 is 1.18 bits per heavy atom. The summed E-state index contributed by atoms with van der Waals surface area (Å²) in [6, 6.07) is 9.36. The third-order valence-electron chi connectivity index (χ3n) is 6.19. The Hall–Kier alpha value is -3.66. The second-order valence-electron chi connectivity index (χ2n) is 10.5. The van der Waals surface area contributed by atoms with Crippen LogP contribution in [0.15, 0.2) is 36.7 Å². The Bertz CT molecular complexity index is 1320. The van der Waals surface area contributed by atoms with Crippen molar-refractivity contribution in [2.24, 2.45) is 0 Å². The molecule has 1 aliphatic heterocycles. The van der Waals surface area contributed by atoms with E-state index in [0.717, 1.165) is 6.04 Å². The van der Waals surface area contributed by atoms with Crippen LogP contribution in [-0.4, -0.2) is 94.5 Å². The molecular formula is C25H34FN7O6Si. The van der Waals surface area contributed by atoms with Crippen LogP contribution in [0.5, 0.6) is 0 Å². The van der Waals surface area contributed by atoms with Crippen LogP contribution in [0.2, 0.25) is 25.7 Å². The molecule has 3 heterocycles. The lowest BCUT2D eigenvalue weighted by atomic mass is 10.1. The van der Waals surface area contributed by atoms with E-state index in [1.807, 2.05) is 0 Å². The van der Waals surface area contributed by atoms with Crippen LogP contribution in [0.1, 0.15) is 16.6 Å². The first kappa shape index (κ1) is 29.3. The number of halogens is 1. The molecule has 15 heteroatoms. The molecule has 1 aromatic carbocycles. The van der Waals surface area contributed by atoms with Crippen molar-refractivity contribution in [3.8, 4) is 0 Å². The fourth-order valence-electron chi connectivity index (χ4n) is 3.96. The Kier molecular flexibility index (Phi) is 9.29. The van der Waals surface area contributed by atoms with E-state index >= 15 is 0 Å². The fourth-order valence-corrected chi connectivity index (χ4v) is 4.68. The van der Waals surface area contributed by atoms with Crippen molar-refractivity contribution in [3.63, 3.8) is 0 Å². The molecule has 5 N–H and O–H groups in total. The molecular weight excluding hydrogens is 541 g/mol. The summed E-state index contributed by atoms with van der Waals surface area (Å²) in [4.78, 5) is 37.9. The van der Waals surface area contributed by atoms with E-state index in [2.05, 4.69) is 50.5 Å². The van der Waals surface area contributed by atoms with E-state index in [-0.39, 0.29) is 36.0 Å².